The zero-order chi connectivity index (χ0) is 17.9. The molecule has 1 N–H and O–H groups in total. The average Bonchev–Trinajstić information content (AvgIpc) is 3.01. The van der Waals surface area contributed by atoms with Crippen LogP contribution in [0.5, 0.6) is 0 Å². The molecule has 1 amide bonds. The highest BCUT2D eigenvalue weighted by Gasteiger charge is 2.20. The number of carbonyl (C=O) groups is 1. The van der Waals surface area contributed by atoms with Crippen molar-refractivity contribution in [1.29, 1.82) is 0 Å². The number of hydrogen-bond donors (Lipinski definition) is 1. The lowest BCUT2D eigenvalue weighted by Gasteiger charge is -2.26. The Morgan fingerprint density at radius 2 is 2.00 bits per heavy atom. The number of carbonyl (C=O) groups excluding carboxylic acids is 1. The maximum absolute atomic E-state index is 12.4. The summed E-state index contributed by atoms with van der Waals surface area (Å²) in [6, 6.07) is 6.49. The van der Waals surface area contributed by atoms with Crippen molar-refractivity contribution in [2.45, 2.75) is 37.5 Å². The number of benzene rings is 1. The van der Waals surface area contributed by atoms with Crippen LogP contribution in [0.4, 0.5) is 5.69 Å². The summed E-state index contributed by atoms with van der Waals surface area (Å²) in [4.78, 5) is 18.2. The number of nitrogens with zero attached hydrogens (tertiary/aromatic N) is 2. The van der Waals surface area contributed by atoms with E-state index in [2.05, 4.69) is 9.71 Å². The van der Waals surface area contributed by atoms with Gasteiger partial charge in [-0.1, -0.05) is 0 Å². The molecule has 1 aliphatic rings. The van der Waals surface area contributed by atoms with Crippen molar-refractivity contribution in [3.8, 4) is 0 Å². The molecule has 1 aliphatic heterocycles. The number of amides is 1. The van der Waals surface area contributed by atoms with Gasteiger partial charge in [0.15, 0.2) is 0 Å². The minimum Gasteiger partial charge on any atom is -0.312 e. The van der Waals surface area contributed by atoms with Crippen LogP contribution in [-0.2, 0) is 21.2 Å². The topological polar surface area (TPSA) is 79.4 Å². The fraction of sp³-hybridized carbons (Fsp3) is 0.412. The van der Waals surface area contributed by atoms with Crippen LogP contribution in [0.3, 0.4) is 0 Å². The van der Waals surface area contributed by atoms with Gasteiger partial charge in [-0.05, 0) is 44.0 Å². The Morgan fingerprint density at radius 3 is 2.64 bits per heavy atom. The predicted molar refractivity (Wildman–Crippen MR) is 98.4 cm³/mol. The lowest BCUT2D eigenvalue weighted by Crippen LogP contribution is -2.35. The summed E-state index contributed by atoms with van der Waals surface area (Å²) in [5, 5.41) is 2.91. The van der Waals surface area contributed by atoms with Gasteiger partial charge in [-0.3, -0.25) is 4.79 Å². The molecule has 0 saturated carbocycles. The quantitative estimate of drug-likeness (QED) is 0.836. The molecular weight excluding hydrogens is 358 g/mol. The van der Waals surface area contributed by atoms with Crippen molar-refractivity contribution in [3.63, 3.8) is 0 Å². The van der Waals surface area contributed by atoms with Crippen molar-refractivity contribution in [2.24, 2.45) is 0 Å². The monoisotopic (exact) mass is 379 g/mol. The van der Waals surface area contributed by atoms with Crippen molar-refractivity contribution < 1.29 is 13.2 Å². The zero-order valence-electron chi connectivity index (χ0n) is 14.1. The average molecular weight is 380 g/mol. The van der Waals surface area contributed by atoms with Gasteiger partial charge in [-0.2, -0.15) is 0 Å². The summed E-state index contributed by atoms with van der Waals surface area (Å²) >= 11 is 1.55. The molecule has 1 fully saturated rings. The molecule has 25 heavy (non-hydrogen) atoms. The van der Waals surface area contributed by atoms with Crippen LogP contribution in [0.1, 0.15) is 30.0 Å². The largest absolute Gasteiger partial charge is 0.312 e. The van der Waals surface area contributed by atoms with Gasteiger partial charge in [-0.25, -0.2) is 18.1 Å². The van der Waals surface area contributed by atoms with Crippen LogP contribution < -0.4 is 9.62 Å². The van der Waals surface area contributed by atoms with Crippen LogP contribution in [0.15, 0.2) is 34.5 Å². The number of piperidine rings is 1. The van der Waals surface area contributed by atoms with Crippen molar-refractivity contribution >= 4 is 33.0 Å². The Balaban J connectivity index is 1.62. The van der Waals surface area contributed by atoms with E-state index in [1.54, 1.807) is 40.5 Å². The van der Waals surface area contributed by atoms with Gasteiger partial charge in [0.1, 0.15) is 0 Å². The first-order valence-corrected chi connectivity index (χ1v) is 10.6. The van der Waals surface area contributed by atoms with E-state index < -0.39 is 10.0 Å². The fourth-order valence-electron chi connectivity index (χ4n) is 2.80. The normalized spacial score (nSPS) is 15.6. The summed E-state index contributed by atoms with van der Waals surface area (Å²) in [6.07, 6.45) is 3.01. The molecule has 0 atom stereocenters. The summed E-state index contributed by atoms with van der Waals surface area (Å²) in [5.41, 5.74) is 1.64. The van der Waals surface area contributed by atoms with Gasteiger partial charge in [0.25, 0.3) is 0 Å². The molecule has 3 rings (SSSR count). The second-order valence-corrected chi connectivity index (χ2v) is 8.83. The highest BCUT2D eigenvalue weighted by Crippen LogP contribution is 2.22. The third-order valence-corrected chi connectivity index (χ3v) is 6.42. The maximum atomic E-state index is 12.4. The summed E-state index contributed by atoms with van der Waals surface area (Å²) in [6.45, 7) is 2.92. The number of sulfonamides is 1. The molecule has 1 aromatic carbocycles. The highest BCUT2D eigenvalue weighted by atomic mass is 32.2. The smallest absolute Gasteiger partial charge is 0.240 e. The molecule has 1 aromatic heterocycles. The van der Waals surface area contributed by atoms with Crippen molar-refractivity contribution in [2.75, 3.05) is 18.0 Å². The van der Waals surface area contributed by atoms with Gasteiger partial charge >= 0.3 is 0 Å². The maximum Gasteiger partial charge on any atom is 0.240 e. The number of aryl methyl sites for hydroxylation is 1. The van der Waals surface area contributed by atoms with E-state index >= 15 is 0 Å². The molecular formula is C17H21N3O3S2. The number of aromatic nitrogens is 1. The van der Waals surface area contributed by atoms with Crippen LogP contribution in [-0.4, -0.2) is 32.4 Å². The van der Waals surface area contributed by atoms with E-state index in [1.807, 2.05) is 12.3 Å². The summed E-state index contributed by atoms with van der Waals surface area (Å²) in [5.74, 6) is 0.0959. The number of hydrogen-bond acceptors (Lipinski definition) is 5. The van der Waals surface area contributed by atoms with Gasteiger partial charge in [0.2, 0.25) is 15.9 Å². The molecule has 8 heteroatoms. The van der Waals surface area contributed by atoms with Crippen LogP contribution in [0.2, 0.25) is 0 Å². The Bertz CT molecular complexity index is 844. The fourth-order valence-corrected chi connectivity index (χ4v) is 4.48. The molecule has 0 spiro atoms. The lowest BCUT2D eigenvalue weighted by molar-refractivity contribution is -0.119. The number of thiazole rings is 1. The SMILES string of the molecule is Cc1nc(CCNS(=O)(=O)c2ccc(N3CCCCC3=O)cc2)cs1. The van der Waals surface area contributed by atoms with Crippen LogP contribution in [0, 0.1) is 6.92 Å². The molecule has 134 valence electrons. The standard InChI is InChI=1S/C17H21N3O3S2/c1-13-19-14(12-24-13)9-10-18-25(22,23)16-7-5-15(6-8-16)20-11-3-2-4-17(20)21/h5-8,12,18H,2-4,9-11H2,1H3. The number of rotatable bonds is 6. The Kier molecular flexibility index (Phi) is 5.51. The van der Waals surface area contributed by atoms with E-state index in [9.17, 15) is 13.2 Å². The van der Waals surface area contributed by atoms with Gasteiger partial charge in [0.05, 0.1) is 15.6 Å². The molecule has 0 unspecified atom stereocenters. The second kappa shape index (κ2) is 7.63. The Morgan fingerprint density at radius 1 is 1.24 bits per heavy atom. The van der Waals surface area contributed by atoms with E-state index in [1.165, 1.54) is 0 Å². The zero-order valence-corrected chi connectivity index (χ0v) is 15.7. The van der Waals surface area contributed by atoms with Gasteiger partial charge in [0, 0.05) is 37.0 Å². The van der Waals surface area contributed by atoms with Gasteiger partial charge in [-0.15, -0.1) is 11.3 Å². The lowest BCUT2D eigenvalue weighted by atomic mass is 10.1. The first-order chi connectivity index (χ1) is 12.0. The Hall–Kier alpha value is -1.77. The Labute approximate surface area is 151 Å². The van der Waals surface area contributed by atoms with Crippen molar-refractivity contribution in [3.05, 3.63) is 40.3 Å². The molecule has 2 heterocycles. The number of anilines is 1. The third-order valence-electron chi connectivity index (χ3n) is 4.12. The first kappa shape index (κ1) is 18.0. The van der Waals surface area contributed by atoms with Crippen molar-refractivity contribution in [1.82, 2.24) is 9.71 Å². The molecule has 0 radical (unpaired) electrons. The van der Waals surface area contributed by atoms with E-state index in [-0.39, 0.29) is 10.8 Å². The van der Waals surface area contributed by atoms with Crippen LogP contribution in [0.25, 0.3) is 0 Å². The predicted octanol–water partition coefficient (Wildman–Crippen LogP) is 2.49. The summed E-state index contributed by atoms with van der Waals surface area (Å²) in [7, 11) is -3.56. The molecule has 0 bridgehead atoms. The molecule has 0 aliphatic carbocycles. The minimum atomic E-state index is -3.56. The second-order valence-electron chi connectivity index (χ2n) is 6.00. The molecule has 6 nitrogen and oxygen atoms in total. The van der Waals surface area contributed by atoms with Crippen LogP contribution >= 0.6 is 11.3 Å². The summed E-state index contributed by atoms with van der Waals surface area (Å²) < 4.78 is 27.3. The highest BCUT2D eigenvalue weighted by molar-refractivity contribution is 7.89. The molecule has 1 saturated heterocycles. The first-order valence-electron chi connectivity index (χ1n) is 8.27. The molecule has 2 aromatic rings. The van der Waals surface area contributed by atoms with E-state index in [0.29, 0.717) is 25.9 Å². The van der Waals surface area contributed by atoms with E-state index in [4.69, 9.17) is 0 Å². The number of nitrogens with one attached hydrogen (secondary N) is 1. The van der Waals surface area contributed by atoms with Gasteiger partial charge < -0.3 is 4.90 Å². The minimum absolute atomic E-state index is 0.0959. The van der Waals surface area contributed by atoms with E-state index in [0.717, 1.165) is 29.2 Å². The third kappa shape index (κ3) is 4.45.